The van der Waals surface area contributed by atoms with Gasteiger partial charge >= 0.3 is 6.18 Å². The molecule has 4 rings (SSSR count). The third-order valence-electron chi connectivity index (χ3n) is 5.94. The lowest BCUT2D eigenvalue weighted by atomic mass is 10.00. The topological polar surface area (TPSA) is 116 Å². The van der Waals surface area contributed by atoms with Crippen LogP contribution in [0.4, 0.5) is 18.9 Å². The number of fused-ring (bicyclic) bond motifs is 1. The van der Waals surface area contributed by atoms with Crippen molar-refractivity contribution in [2.24, 2.45) is 11.5 Å². The van der Waals surface area contributed by atoms with Gasteiger partial charge in [0, 0.05) is 35.0 Å². The average molecular weight is 496 g/mol. The highest BCUT2D eigenvalue weighted by Gasteiger charge is 2.26. The first kappa shape index (κ1) is 24.8. The van der Waals surface area contributed by atoms with Gasteiger partial charge in [0.2, 0.25) is 11.8 Å². The number of nitrogens with two attached hydrogens (primary N) is 2. The molecule has 2 aromatic carbocycles. The van der Waals surface area contributed by atoms with Crippen molar-refractivity contribution in [2.45, 2.75) is 26.4 Å². The van der Waals surface area contributed by atoms with E-state index in [9.17, 15) is 22.8 Å². The number of aryl methyl sites for hydroxylation is 2. The molecule has 0 unspecified atom stereocenters. The smallest absolute Gasteiger partial charge is 0.382 e. The Morgan fingerprint density at radius 1 is 0.917 bits per heavy atom. The molecule has 2 aromatic heterocycles. The number of carbonyl (C=O) groups is 2. The minimum atomic E-state index is -4.30. The number of primary amides is 2. The van der Waals surface area contributed by atoms with Gasteiger partial charge in [-0.2, -0.15) is 13.2 Å². The first-order valence-corrected chi connectivity index (χ1v) is 11.1. The zero-order valence-corrected chi connectivity index (χ0v) is 19.6. The maximum Gasteiger partial charge on any atom is 0.390 e. The Hall–Kier alpha value is -4.34. The summed E-state index contributed by atoms with van der Waals surface area (Å²) in [6.07, 6.45) is -1.86. The number of aromatic nitrogens is 2. The van der Waals surface area contributed by atoms with Crippen molar-refractivity contribution in [1.29, 1.82) is 0 Å². The Morgan fingerprint density at radius 2 is 1.50 bits per heavy atom. The van der Waals surface area contributed by atoms with Gasteiger partial charge in [0.15, 0.2) is 5.65 Å². The molecular weight excluding hydrogens is 471 g/mol. The number of benzene rings is 2. The van der Waals surface area contributed by atoms with Gasteiger partial charge in [-0.1, -0.05) is 18.2 Å². The van der Waals surface area contributed by atoms with Gasteiger partial charge in [0.05, 0.1) is 24.0 Å². The first-order valence-electron chi connectivity index (χ1n) is 11.1. The molecule has 0 saturated heterocycles. The summed E-state index contributed by atoms with van der Waals surface area (Å²) in [4.78, 5) is 27.7. The fraction of sp³-hybridized carbons (Fsp3) is 0.192. The summed E-state index contributed by atoms with van der Waals surface area (Å²) < 4.78 is 40.1. The van der Waals surface area contributed by atoms with Crippen molar-refractivity contribution in [1.82, 2.24) is 9.38 Å². The number of rotatable bonds is 7. The van der Waals surface area contributed by atoms with Crippen LogP contribution in [0.15, 0.2) is 54.9 Å². The second-order valence-electron chi connectivity index (χ2n) is 8.56. The third-order valence-corrected chi connectivity index (χ3v) is 5.94. The summed E-state index contributed by atoms with van der Waals surface area (Å²) in [6, 6.07) is 12.0. The first-order chi connectivity index (χ1) is 16.9. The lowest BCUT2D eigenvalue weighted by Crippen LogP contribution is -2.15. The Morgan fingerprint density at radius 3 is 2.06 bits per heavy atom. The van der Waals surface area contributed by atoms with E-state index in [2.05, 4.69) is 10.3 Å². The SMILES string of the molecule is Cc1cc(-c2cc(NCCC(F)(F)F)c3ncc(-c4ccc(C(N)=O)c(C)c4)n3c2)ccc1C(N)=O. The fourth-order valence-corrected chi connectivity index (χ4v) is 4.15. The molecule has 36 heavy (non-hydrogen) atoms. The van der Waals surface area contributed by atoms with Crippen LogP contribution in [0, 0.1) is 13.8 Å². The molecule has 0 spiro atoms. The van der Waals surface area contributed by atoms with Crippen molar-refractivity contribution in [2.75, 3.05) is 11.9 Å². The van der Waals surface area contributed by atoms with Gasteiger partial charge < -0.3 is 16.8 Å². The monoisotopic (exact) mass is 495 g/mol. The number of pyridine rings is 1. The van der Waals surface area contributed by atoms with Gasteiger partial charge in [0.25, 0.3) is 0 Å². The molecule has 0 radical (unpaired) electrons. The largest absolute Gasteiger partial charge is 0.390 e. The van der Waals surface area contributed by atoms with Crippen LogP contribution < -0.4 is 16.8 Å². The molecule has 0 bridgehead atoms. The predicted octanol–water partition coefficient (Wildman–Crippen LogP) is 4.85. The molecule has 186 valence electrons. The Bertz CT molecular complexity index is 1490. The van der Waals surface area contributed by atoms with Gasteiger partial charge in [-0.15, -0.1) is 0 Å². The molecule has 0 saturated carbocycles. The van der Waals surface area contributed by atoms with Crippen LogP contribution in [0.3, 0.4) is 0 Å². The number of nitrogens with one attached hydrogen (secondary N) is 1. The molecule has 7 nitrogen and oxygen atoms in total. The van der Waals surface area contributed by atoms with E-state index in [1.807, 2.05) is 6.20 Å². The highest BCUT2D eigenvalue weighted by Crippen LogP contribution is 2.32. The number of amides is 2. The van der Waals surface area contributed by atoms with Crippen molar-refractivity contribution in [3.8, 4) is 22.4 Å². The fourth-order valence-electron chi connectivity index (χ4n) is 4.15. The number of imidazole rings is 1. The molecular formula is C26H24F3N5O2. The van der Waals surface area contributed by atoms with Crippen LogP contribution in [0.2, 0.25) is 0 Å². The number of hydrogen-bond donors (Lipinski definition) is 3. The summed E-state index contributed by atoms with van der Waals surface area (Å²) >= 11 is 0. The van der Waals surface area contributed by atoms with Crippen molar-refractivity contribution < 1.29 is 22.8 Å². The van der Waals surface area contributed by atoms with E-state index < -0.39 is 24.4 Å². The van der Waals surface area contributed by atoms with Crippen LogP contribution >= 0.6 is 0 Å². The van der Waals surface area contributed by atoms with Crippen LogP contribution in [0.25, 0.3) is 28.0 Å². The predicted molar refractivity (Wildman–Crippen MR) is 132 cm³/mol. The second kappa shape index (κ2) is 9.37. The van der Waals surface area contributed by atoms with E-state index in [0.29, 0.717) is 44.8 Å². The lowest BCUT2D eigenvalue weighted by Gasteiger charge is -2.14. The Balaban J connectivity index is 1.86. The maximum atomic E-state index is 12.8. The summed E-state index contributed by atoms with van der Waals surface area (Å²) in [6.45, 7) is 3.21. The third kappa shape index (κ3) is 5.02. The minimum absolute atomic E-state index is 0.323. The summed E-state index contributed by atoms with van der Waals surface area (Å²) in [7, 11) is 0. The van der Waals surface area contributed by atoms with Gasteiger partial charge in [-0.05, 0) is 54.8 Å². The number of halogens is 3. The van der Waals surface area contributed by atoms with E-state index in [-0.39, 0.29) is 6.54 Å². The highest BCUT2D eigenvalue weighted by molar-refractivity contribution is 5.95. The lowest BCUT2D eigenvalue weighted by molar-refractivity contribution is -0.131. The second-order valence-corrected chi connectivity index (χ2v) is 8.56. The summed E-state index contributed by atoms with van der Waals surface area (Å²) in [5.41, 5.74) is 16.7. The Labute approximate surface area is 204 Å². The Kier molecular flexibility index (Phi) is 6.45. The van der Waals surface area contributed by atoms with Crippen molar-refractivity contribution >= 4 is 23.1 Å². The molecule has 0 aliphatic carbocycles. The number of hydrogen-bond acceptors (Lipinski definition) is 4. The molecule has 0 fully saturated rings. The average Bonchev–Trinajstić information content (AvgIpc) is 3.21. The normalized spacial score (nSPS) is 11.6. The van der Waals surface area contributed by atoms with Crippen LogP contribution in [0.1, 0.15) is 38.3 Å². The molecule has 4 aromatic rings. The zero-order valence-electron chi connectivity index (χ0n) is 19.6. The summed E-state index contributed by atoms with van der Waals surface area (Å²) in [5, 5.41) is 2.86. The van der Waals surface area contributed by atoms with E-state index in [4.69, 9.17) is 11.5 Å². The van der Waals surface area contributed by atoms with Crippen molar-refractivity contribution in [3.05, 3.63) is 77.1 Å². The summed E-state index contributed by atoms with van der Waals surface area (Å²) in [5.74, 6) is -1.08. The molecule has 5 N–H and O–H groups in total. The number of alkyl halides is 3. The zero-order chi connectivity index (χ0) is 26.2. The van der Waals surface area contributed by atoms with Crippen molar-refractivity contribution in [3.63, 3.8) is 0 Å². The highest BCUT2D eigenvalue weighted by atomic mass is 19.4. The number of carbonyl (C=O) groups excluding carboxylic acids is 2. The maximum absolute atomic E-state index is 12.8. The minimum Gasteiger partial charge on any atom is -0.382 e. The van der Waals surface area contributed by atoms with E-state index in [1.165, 1.54) is 0 Å². The quantitative estimate of drug-likeness (QED) is 0.340. The van der Waals surface area contributed by atoms with E-state index in [1.54, 1.807) is 66.9 Å². The van der Waals surface area contributed by atoms with Gasteiger partial charge in [0.1, 0.15) is 0 Å². The molecule has 0 aliphatic heterocycles. The molecule has 0 aliphatic rings. The van der Waals surface area contributed by atoms with Crippen LogP contribution in [0.5, 0.6) is 0 Å². The van der Waals surface area contributed by atoms with Gasteiger partial charge in [-0.3, -0.25) is 14.0 Å². The molecule has 10 heteroatoms. The molecule has 0 atom stereocenters. The van der Waals surface area contributed by atoms with E-state index in [0.717, 1.165) is 11.1 Å². The molecule has 2 amide bonds. The standard InChI is InChI=1S/C26H24F3N5O2/c1-14-9-16(3-5-19(14)23(30)35)18-11-21(32-8-7-26(27,28)29)25-33-12-22(34(25)13-18)17-4-6-20(24(31)36)15(2)10-17/h3-6,9-13,32H,7-8H2,1-2H3,(H2,30,35)(H2,31,36). The van der Waals surface area contributed by atoms with Gasteiger partial charge in [-0.25, -0.2) is 4.98 Å². The van der Waals surface area contributed by atoms with Crippen LogP contribution in [-0.4, -0.2) is 33.9 Å². The molecule has 2 heterocycles. The number of nitrogens with zero attached hydrogens (tertiary/aromatic N) is 2. The van der Waals surface area contributed by atoms with E-state index >= 15 is 0 Å². The van der Waals surface area contributed by atoms with Crippen LogP contribution in [-0.2, 0) is 0 Å². The number of anilines is 1.